The summed E-state index contributed by atoms with van der Waals surface area (Å²) < 4.78 is 93.0. The van der Waals surface area contributed by atoms with E-state index in [9.17, 15) is 35.2 Å². The second kappa shape index (κ2) is 11.9. The Hall–Kier alpha value is -2.95. The van der Waals surface area contributed by atoms with Crippen molar-refractivity contribution in [3.05, 3.63) is 69.8 Å². The van der Waals surface area contributed by atoms with Gasteiger partial charge in [-0.3, -0.25) is 9.52 Å². The lowest BCUT2D eigenvalue weighted by Crippen LogP contribution is -2.25. The number of amides is 1. The molecule has 0 aliphatic heterocycles. The molecular formula is C25H29F5N2O3S. The van der Waals surface area contributed by atoms with E-state index in [-0.39, 0.29) is 5.56 Å². The van der Waals surface area contributed by atoms with E-state index in [1.54, 1.807) is 4.72 Å². The number of hydrogen-bond donors (Lipinski definition) is 2. The highest BCUT2D eigenvalue weighted by Crippen LogP contribution is 2.34. The van der Waals surface area contributed by atoms with Crippen molar-refractivity contribution < 1.29 is 35.2 Å². The van der Waals surface area contributed by atoms with Crippen molar-refractivity contribution in [3.63, 3.8) is 0 Å². The predicted molar refractivity (Wildman–Crippen MR) is 130 cm³/mol. The molecule has 5 nitrogen and oxygen atoms in total. The fourth-order valence-corrected chi connectivity index (χ4v) is 4.30. The number of rotatable bonds is 10. The maximum atomic E-state index is 14.3. The zero-order valence-corrected chi connectivity index (χ0v) is 21.2. The van der Waals surface area contributed by atoms with Crippen molar-refractivity contribution in [1.29, 1.82) is 0 Å². The molecule has 2 aromatic carbocycles. The normalized spacial score (nSPS) is 13.1. The zero-order chi connectivity index (χ0) is 27.3. The molecule has 1 unspecified atom stereocenters. The highest BCUT2D eigenvalue weighted by Gasteiger charge is 2.31. The van der Waals surface area contributed by atoms with Crippen molar-refractivity contribution >= 4 is 27.7 Å². The molecule has 36 heavy (non-hydrogen) atoms. The Morgan fingerprint density at radius 3 is 1.92 bits per heavy atom. The number of halogens is 5. The summed E-state index contributed by atoms with van der Waals surface area (Å²) in [6, 6.07) is 3.15. The van der Waals surface area contributed by atoms with E-state index in [1.807, 2.05) is 13.8 Å². The second-order valence-corrected chi connectivity index (χ2v) is 10.3. The monoisotopic (exact) mass is 532 g/mol. The molecule has 0 aliphatic rings. The summed E-state index contributed by atoms with van der Waals surface area (Å²) in [5, 5.41) is 2.55. The molecule has 0 spiro atoms. The summed E-state index contributed by atoms with van der Waals surface area (Å²) in [4.78, 5) is 12.5. The minimum absolute atomic E-state index is 0.0543. The summed E-state index contributed by atoms with van der Waals surface area (Å²) >= 11 is 0. The zero-order valence-electron chi connectivity index (χ0n) is 20.4. The van der Waals surface area contributed by atoms with Gasteiger partial charge < -0.3 is 5.32 Å². The molecule has 0 saturated carbocycles. The number of carbonyl (C=O) groups excluding carboxylic acids is 1. The van der Waals surface area contributed by atoms with Gasteiger partial charge in [0.1, 0.15) is 5.69 Å². The van der Waals surface area contributed by atoms with Crippen molar-refractivity contribution in [2.24, 2.45) is 0 Å². The third-order valence-corrected chi connectivity index (χ3v) is 5.90. The fraction of sp³-hybridized carbons (Fsp3) is 0.400. The van der Waals surface area contributed by atoms with Gasteiger partial charge >= 0.3 is 6.18 Å². The number of sulfonamides is 1. The Morgan fingerprint density at radius 1 is 1.00 bits per heavy atom. The average Bonchev–Trinajstić information content (AvgIpc) is 2.74. The van der Waals surface area contributed by atoms with Gasteiger partial charge in [0.15, 0.2) is 11.6 Å². The van der Waals surface area contributed by atoms with E-state index >= 15 is 0 Å². The standard InChI is InChI=1S/C25H29F5N2O3S/c1-5-7-16-11-19(25(28,29)30)12-17(8-6-2)20(16)9-10-23(33)31-15(3)18-13-21(26)24(22(27)14-18)32-36(4,34)35/h9-15,32H,5-8H2,1-4H3,(H,31,33). The molecule has 198 valence electrons. The van der Waals surface area contributed by atoms with Crippen molar-refractivity contribution in [1.82, 2.24) is 5.32 Å². The highest BCUT2D eigenvalue weighted by molar-refractivity contribution is 7.92. The van der Waals surface area contributed by atoms with Crippen molar-refractivity contribution in [2.45, 2.75) is 58.7 Å². The van der Waals surface area contributed by atoms with Crippen molar-refractivity contribution in [3.8, 4) is 0 Å². The largest absolute Gasteiger partial charge is 0.416 e. The Labute approximate surface area is 207 Å². The molecule has 0 bridgehead atoms. The lowest BCUT2D eigenvalue weighted by Gasteiger charge is -2.17. The number of aryl methyl sites for hydroxylation is 2. The minimum Gasteiger partial charge on any atom is -0.346 e. The first kappa shape index (κ1) is 29.3. The van der Waals surface area contributed by atoms with Gasteiger partial charge in [0, 0.05) is 6.08 Å². The molecule has 0 fully saturated rings. The molecule has 0 aliphatic carbocycles. The molecule has 0 heterocycles. The number of nitrogens with one attached hydrogen (secondary N) is 2. The van der Waals surface area contributed by atoms with Crippen LogP contribution in [-0.2, 0) is 33.8 Å². The van der Waals surface area contributed by atoms with Crippen LogP contribution in [0.1, 0.15) is 67.5 Å². The summed E-state index contributed by atoms with van der Waals surface area (Å²) in [6.45, 7) is 5.17. The van der Waals surface area contributed by atoms with Crippen LogP contribution in [0.2, 0.25) is 0 Å². The van der Waals surface area contributed by atoms with E-state index in [2.05, 4.69) is 5.32 Å². The van der Waals surface area contributed by atoms with Crippen LogP contribution in [0.3, 0.4) is 0 Å². The Kier molecular flexibility index (Phi) is 9.64. The molecule has 2 rings (SSSR count). The minimum atomic E-state index is -4.49. The van der Waals surface area contributed by atoms with Gasteiger partial charge in [0.05, 0.1) is 17.9 Å². The molecule has 0 radical (unpaired) electrons. The topological polar surface area (TPSA) is 75.3 Å². The van der Waals surface area contributed by atoms with Crippen molar-refractivity contribution in [2.75, 3.05) is 11.0 Å². The molecule has 1 amide bonds. The van der Waals surface area contributed by atoms with Gasteiger partial charge in [0.2, 0.25) is 15.9 Å². The number of anilines is 1. The van der Waals surface area contributed by atoms with E-state index in [4.69, 9.17) is 0 Å². The molecule has 1 atom stereocenters. The van der Waals surface area contributed by atoms with Crippen LogP contribution >= 0.6 is 0 Å². The highest BCUT2D eigenvalue weighted by atomic mass is 32.2. The van der Waals surface area contributed by atoms with Crippen LogP contribution in [0.25, 0.3) is 6.08 Å². The molecule has 2 N–H and O–H groups in total. The Balaban J connectivity index is 2.31. The van der Waals surface area contributed by atoms with Gasteiger partial charge in [-0.1, -0.05) is 26.7 Å². The fourth-order valence-electron chi connectivity index (χ4n) is 3.74. The van der Waals surface area contributed by atoms with Crippen LogP contribution < -0.4 is 10.0 Å². The maximum absolute atomic E-state index is 14.3. The summed E-state index contributed by atoms with van der Waals surface area (Å²) in [5.41, 5.74) is -0.00481. The molecule has 0 aromatic heterocycles. The predicted octanol–water partition coefficient (Wildman–Crippen LogP) is 6.15. The molecular weight excluding hydrogens is 503 g/mol. The molecule has 0 saturated heterocycles. The summed E-state index contributed by atoms with van der Waals surface area (Å²) in [5.74, 6) is -2.91. The first-order valence-corrected chi connectivity index (χ1v) is 13.2. The van der Waals surface area contributed by atoms with E-state index in [0.29, 0.717) is 42.4 Å². The maximum Gasteiger partial charge on any atom is 0.416 e. The van der Waals surface area contributed by atoms with Crippen LogP contribution in [0.15, 0.2) is 30.3 Å². The third-order valence-electron chi connectivity index (χ3n) is 5.33. The first-order valence-electron chi connectivity index (χ1n) is 11.3. The van der Waals surface area contributed by atoms with Crippen LogP contribution in [0, 0.1) is 11.6 Å². The average molecular weight is 533 g/mol. The third kappa shape index (κ3) is 8.04. The number of alkyl halides is 3. The first-order chi connectivity index (χ1) is 16.7. The van der Waals surface area contributed by atoms with Crippen LogP contribution in [0.4, 0.5) is 27.6 Å². The number of hydrogen-bond acceptors (Lipinski definition) is 3. The van der Waals surface area contributed by atoms with Gasteiger partial charge in [-0.15, -0.1) is 0 Å². The van der Waals surface area contributed by atoms with E-state index < -0.39 is 51.0 Å². The van der Waals surface area contributed by atoms with Gasteiger partial charge in [0.25, 0.3) is 0 Å². The van der Waals surface area contributed by atoms with E-state index in [0.717, 1.165) is 30.5 Å². The Bertz CT molecular complexity index is 1190. The Morgan fingerprint density at radius 2 is 1.50 bits per heavy atom. The van der Waals surface area contributed by atoms with E-state index in [1.165, 1.54) is 19.1 Å². The van der Waals surface area contributed by atoms with Gasteiger partial charge in [-0.25, -0.2) is 17.2 Å². The lowest BCUT2D eigenvalue weighted by molar-refractivity contribution is -0.137. The lowest BCUT2D eigenvalue weighted by atomic mass is 9.92. The van der Waals surface area contributed by atoms with Crippen LogP contribution in [-0.4, -0.2) is 20.6 Å². The number of carbonyl (C=O) groups is 1. The van der Waals surface area contributed by atoms with Gasteiger partial charge in [-0.2, -0.15) is 13.2 Å². The smallest absolute Gasteiger partial charge is 0.346 e. The molecule has 2 aromatic rings. The summed E-state index contributed by atoms with van der Waals surface area (Å²) in [6.07, 6.45) is 0.897. The quantitative estimate of drug-likeness (QED) is 0.285. The van der Waals surface area contributed by atoms with Gasteiger partial charge in [-0.05, 0) is 72.4 Å². The second-order valence-electron chi connectivity index (χ2n) is 8.50. The SMILES string of the molecule is CCCc1cc(C(F)(F)F)cc(CCC)c1C=CC(=O)NC(C)c1cc(F)c(NS(C)(=O)=O)c(F)c1. The number of benzene rings is 2. The summed E-state index contributed by atoms with van der Waals surface area (Å²) in [7, 11) is -3.91. The van der Waals surface area contributed by atoms with Crippen LogP contribution in [0.5, 0.6) is 0 Å². The molecule has 11 heteroatoms.